The van der Waals surface area contributed by atoms with E-state index < -0.39 is 0 Å². The second-order valence-corrected chi connectivity index (χ2v) is 5.69. The topological polar surface area (TPSA) is 66.9 Å². The fourth-order valence-corrected chi connectivity index (χ4v) is 2.27. The SMILES string of the molecule is CCCCCNC(=O)c1cc(C)nc(Nc2ccccc2Cl)n1. The minimum Gasteiger partial charge on any atom is -0.351 e. The van der Waals surface area contributed by atoms with E-state index in [0.29, 0.717) is 34.6 Å². The second-order valence-electron chi connectivity index (χ2n) is 5.29. The van der Waals surface area contributed by atoms with Crippen LogP contribution in [0.25, 0.3) is 0 Å². The lowest BCUT2D eigenvalue weighted by Crippen LogP contribution is -2.25. The highest BCUT2D eigenvalue weighted by Crippen LogP contribution is 2.23. The highest BCUT2D eigenvalue weighted by molar-refractivity contribution is 6.33. The first-order chi connectivity index (χ1) is 11.1. The maximum atomic E-state index is 12.2. The van der Waals surface area contributed by atoms with E-state index in [1.54, 1.807) is 12.1 Å². The molecule has 1 aromatic carbocycles. The highest BCUT2D eigenvalue weighted by atomic mass is 35.5. The molecule has 0 aliphatic rings. The number of halogens is 1. The summed E-state index contributed by atoms with van der Waals surface area (Å²) in [5, 5.41) is 6.50. The Morgan fingerprint density at radius 2 is 2.00 bits per heavy atom. The van der Waals surface area contributed by atoms with Gasteiger partial charge in [-0.3, -0.25) is 4.79 Å². The molecule has 0 unspecified atom stereocenters. The number of para-hydroxylation sites is 1. The van der Waals surface area contributed by atoms with Crippen molar-refractivity contribution in [1.29, 1.82) is 0 Å². The number of nitrogens with zero attached hydrogens (tertiary/aromatic N) is 2. The quantitative estimate of drug-likeness (QED) is 0.749. The molecule has 2 aromatic rings. The summed E-state index contributed by atoms with van der Waals surface area (Å²) in [6, 6.07) is 9.00. The predicted octanol–water partition coefficient (Wildman–Crippen LogP) is 4.10. The number of benzene rings is 1. The zero-order chi connectivity index (χ0) is 16.7. The van der Waals surface area contributed by atoms with Crippen molar-refractivity contribution in [2.45, 2.75) is 33.1 Å². The Labute approximate surface area is 141 Å². The van der Waals surface area contributed by atoms with Gasteiger partial charge < -0.3 is 10.6 Å². The Morgan fingerprint density at radius 1 is 1.22 bits per heavy atom. The van der Waals surface area contributed by atoms with Gasteiger partial charge >= 0.3 is 0 Å². The minimum absolute atomic E-state index is 0.186. The average Bonchev–Trinajstić information content (AvgIpc) is 2.53. The number of aromatic nitrogens is 2. The normalized spacial score (nSPS) is 10.4. The van der Waals surface area contributed by atoms with Gasteiger partial charge in [0.05, 0.1) is 10.7 Å². The summed E-state index contributed by atoms with van der Waals surface area (Å²) >= 11 is 6.12. The molecular weight excluding hydrogens is 312 g/mol. The molecule has 122 valence electrons. The lowest BCUT2D eigenvalue weighted by molar-refractivity contribution is 0.0948. The van der Waals surface area contributed by atoms with Crippen molar-refractivity contribution in [1.82, 2.24) is 15.3 Å². The highest BCUT2D eigenvalue weighted by Gasteiger charge is 2.11. The monoisotopic (exact) mass is 332 g/mol. The maximum Gasteiger partial charge on any atom is 0.270 e. The summed E-state index contributed by atoms with van der Waals surface area (Å²) in [6.07, 6.45) is 3.19. The molecule has 0 bridgehead atoms. The number of nitrogens with one attached hydrogen (secondary N) is 2. The van der Waals surface area contributed by atoms with Crippen LogP contribution in [0.15, 0.2) is 30.3 Å². The van der Waals surface area contributed by atoms with Crippen molar-refractivity contribution in [2.24, 2.45) is 0 Å². The van der Waals surface area contributed by atoms with E-state index in [0.717, 1.165) is 19.3 Å². The summed E-state index contributed by atoms with van der Waals surface area (Å²) in [4.78, 5) is 20.8. The number of hydrogen-bond acceptors (Lipinski definition) is 4. The molecule has 0 aliphatic carbocycles. The molecule has 1 aromatic heterocycles. The van der Waals surface area contributed by atoms with Crippen molar-refractivity contribution in [3.05, 3.63) is 46.7 Å². The Kier molecular flexibility index (Phi) is 6.35. The maximum absolute atomic E-state index is 12.2. The van der Waals surface area contributed by atoms with Crippen LogP contribution in [0.2, 0.25) is 5.02 Å². The lowest BCUT2D eigenvalue weighted by atomic mass is 10.2. The molecular formula is C17H21ClN4O. The molecule has 0 atom stereocenters. The van der Waals surface area contributed by atoms with Crippen molar-refractivity contribution in [3.8, 4) is 0 Å². The third-order valence-electron chi connectivity index (χ3n) is 3.27. The van der Waals surface area contributed by atoms with Crippen LogP contribution in [0.4, 0.5) is 11.6 Å². The van der Waals surface area contributed by atoms with E-state index in [1.807, 2.05) is 25.1 Å². The van der Waals surface area contributed by atoms with E-state index >= 15 is 0 Å². The van der Waals surface area contributed by atoms with Crippen LogP contribution < -0.4 is 10.6 Å². The third-order valence-corrected chi connectivity index (χ3v) is 3.60. The summed E-state index contributed by atoms with van der Waals surface area (Å²) < 4.78 is 0. The molecule has 0 saturated heterocycles. The lowest BCUT2D eigenvalue weighted by Gasteiger charge is -2.09. The van der Waals surface area contributed by atoms with Gasteiger partial charge in [-0.1, -0.05) is 43.5 Å². The molecule has 1 amide bonds. The number of rotatable bonds is 7. The Hall–Kier alpha value is -2.14. The van der Waals surface area contributed by atoms with Crippen LogP contribution in [-0.4, -0.2) is 22.4 Å². The smallest absolute Gasteiger partial charge is 0.270 e. The van der Waals surface area contributed by atoms with Gasteiger partial charge in [-0.2, -0.15) is 0 Å². The van der Waals surface area contributed by atoms with Crippen LogP contribution in [0.1, 0.15) is 42.4 Å². The number of aryl methyl sites for hydroxylation is 1. The fraction of sp³-hybridized carbons (Fsp3) is 0.353. The number of hydrogen-bond donors (Lipinski definition) is 2. The van der Waals surface area contributed by atoms with Crippen LogP contribution in [0.3, 0.4) is 0 Å². The number of unbranched alkanes of at least 4 members (excludes halogenated alkanes) is 2. The standard InChI is InChI=1S/C17H21ClN4O/c1-3-4-7-10-19-16(23)15-11-12(2)20-17(22-15)21-14-9-6-5-8-13(14)18/h5-6,8-9,11H,3-4,7,10H2,1-2H3,(H,19,23)(H,20,21,22). The van der Waals surface area contributed by atoms with Gasteiger partial charge in [0, 0.05) is 12.2 Å². The van der Waals surface area contributed by atoms with Crippen molar-refractivity contribution in [3.63, 3.8) is 0 Å². The van der Waals surface area contributed by atoms with Crippen LogP contribution in [0, 0.1) is 6.92 Å². The van der Waals surface area contributed by atoms with Crippen LogP contribution >= 0.6 is 11.6 Å². The summed E-state index contributed by atoms with van der Waals surface area (Å²) in [6.45, 7) is 4.61. The van der Waals surface area contributed by atoms with E-state index in [-0.39, 0.29) is 5.91 Å². The number of carbonyl (C=O) groups excluding carboxylic acids is 1. The van der Waals surface area contributed by atoms with Gasteiger partial charge in [0.2, 0.25) is 5.95 Å². The largest absolute Gasteiger partial charge is 0.351 e. The van der Waals surface area contributed by atoms with Gasteiger partial charge in [-0.15, -0.1) is 0 Å². The molecule has 5 nitrogen and oxygen atoms in total. The van der Waals surface area contributed by atoms with E-state index in [1.165, 1.54) is 0 Å². The zero-order valence-corrected chi connectivity index (χ0v) is 14.2. The van der Waals surface area contributed by atoms with Crippen LogP contribution in [-0.2, 0) is 0 Å². The van der Waals surface area contributed by atoms with Gasteiger partial charge in [0.25, 0.3) is 5.91 Å². The number of anilines is 2. The Morgan fingerprint density at radius 3 is 2.74 bits per heavy atom. The molecule has 0 aliphatic heterocycles. The molecule has 1 heterocycles. The first kappa shape index (κ1) is 17.2. The molecule has 0 radical (unpaired) electrons. The van der Waals surface area contributed by atoms with Gasteiger partial charge in [-0.25, -0.2) is 9.97 Å². The molecule has 0 spiro atoms. The first-order valence-corrected chi connectivity index (χ1v) is 8.13. The third kappa shape index (κ3) is 5.21. The second kappa shape index (κ2) is 8.48. The number of carbonyl (C=O) groups is 1. The fourth-order valence-electron chi connectivity index (χ4n) is 2.09. The molecule has 2 rings (SSSR count). The Balaban J connectivity index is 2.09. The molecule has 6 heteroatoms. The van der Waals surface area contributed by atoms with Crippen LogP contribution in [0.5, 0.6) is 0 Å². The molecule has 23 heavy (non-hydrogen) atoms. The molecule has 0 saturated carbocycles. The van der Waals surface area contributed by atoms with E-state index in [2.05, 4.69) is 27.5 Å². The first-order valence-electron chi connectivity index (χ1n) is 7.75. The average molecular weight is 333 g/mol. The van der Waals surface area contributed by atoms with E-state index in [4.69, 9.17) is 11.6 Å². The predicted molar refractivity (Wildman–Crippen MR) is 93.4 cm³/mol. The van der Waals surface area contributed by atoms with Gasteiger partial charge in [0.1, 0.15) is 5.69 Å². The van der Waals surface area contributed by atoms with E-state index in [9.17, 15) is 4.79 Å². The minimum atomic E-state index is -0.186. The summed E-state index contributed by atoms with van der Waals surface area (Å²) in [7, 11) is 0. The summed E-state index contributed by atoms with van der Waals surface area (Å²) in [5.41, 5.74) is 1.77. The van der Waals surface area contributed by atoms with Crippen molar-refractivity contribution in [2.75, 3.05) is 11.9 Å². The Bertz CT molecular complexity index is 675. The van der Waals surface area contributed by atoms with Gasteiger partial charge in [-0.05, 0) is 31.5 Å². The zero-order valence-electron chi connectivity index (χ0n) is 13.4. The molecule has 0 fully saturated rings. The summed E-state index contributed by atoms with van der Waals surface area (Å²) in [5.74, 6) is 0.172. The molecule has 2 N–H and O–H groups in total. The van der Waals surface area contributed by atoms with Crippen molar-refractivity contribution < 1.29 is 4.79 Å². The van der Waals surface area contributed by atoms with Crippen molar-refractivity contribution >= 4 is 29.1 Å². The van der Waals surface area contributed by atoms with Gasteiger partial charge in [0.15, 0.2) is 0 Å². The number of amides is 1.